The minimum Gasteiger partial charge on any atom is -0.0651 e. The average Bonchev–Trinajstić information content (AvgIpc) is 2.10. The molecule has 0 radical (unpaired) electrons. The molecule has 0 aromatic heterocycles. The molecule has 0 aliphatic rings. The number of benzene rings is 1. The first-order valence-corrected chi connectivity index (χ1v) is 6.20. The average molecular weight is 255 g/mol. The fourth-order valence-electron chi connectivity index (χ4n) is 1.64. The van der Waals surface area contributed by atoms with Crippen LogP contribution in [0.1, 0.15) is 38.3 Å². The van der Waals surface area contributed by atoms with Gasteiger partial charge in [0.2, 0.25) is 0 Å². The van der Waals surface area contributed by atoms with Gasteiger partial charge in [-0.05, 0) is 36.0 Å². The van der Waals surface area contributed by atoms with Gasteiger partial charge in [0.25, 0.3) is 0 Å². The Hall–Kier alpha value is -0.300. The fourth-order valence-corrected chi connectivity index (χ4v) is 2.23. The Kier molecular flexibility index (Phi) is 4.67. The molecule has 0 unspecified atom stereocenters. The van der Waals surface area contributed by atoms with E-state index in [-0.39, 0.29) is 0 Å². The summed E-state index contributed by atoms with van der Waals surface area (Å²) in [4.78, 5) is 0. The van der Waals surface area contributed by atoms with Crippen molar-refractivity contribution in [1.82, 2.24) is 0 Å². The van der Waals surface area contributed by atoms with E-state index in [2.05, 4.69) is 54.9 Å². The molecule has 1 rings (SSSR count). The van der Waals surface area contributed by atoms with E-state index in [1.807, 2.05) is 0 Å². The summed E-state index contributed by atoms with van der Waals surface area (Å²) in [5.74, 6) is 0.725. The van der Waals surface area contributed by atoms with Crippen LogP contribution in [0.2, 0.25) is 0 Å². The van der Waals surface area contributed by atoms with Crippen molar-refractivity contribution < 1.29 is 0 Å². The zero-order chi connectivity index (χ0) is 10.6. The standard InChI is InChI=1S/C13H19Br/c1-4-5-11-6-7-12(8-10(2)3)13(14)9-11/h6-7,9-10H,4-5,8H2,1-3H3. The molecular weight excluding hydrogens is 236 g/mol. The largest absolute Gasteiger partial charge is 0.0651 e. The van der Waals surface area contributed by atoms with Gasteiger partial charge in [-0.25, -0.2) is 0 Å². The molecule has 0 heterocycles. The normalized spacial score (nSPS) is 10.9. The zero-order valence-electron chi connectivity index (χ0n) is 9.31. The van der Waals surface area contributed by atoms with E-state index in [1.54, 1.807) is 0 Å². The highest BCUT2D eigenvalue weighted by Crippen LogP contribution is 2.22. The highest BCUT2D eigenvalue weighted by Gasteiger charge is 2.03. The van der Waals surface area contributed by atoms with E-state index in [0.29, 0.717) is 0 Å². The van der Waals surface area contributed by atoms with E-state index < -0.39 is 0 Å². The van der Waals surface area contributed by atoms with E-state index >= 15 is 0 Å². The second-order valence-corrected chi connectivity index (χ2v) is 5.13. The third kappa shape index (κ3) is 3.45. The van der Waals surface area contributed by atoms with Crippen LogP contribution < -0.4 is 0 Å². The molecule has 0 aliphatic heterocycles. The van der Waals surface area contributed by atoms with Crippen molar-refractivity contribution >= 4 is 15.9 Å². The Morgan fingerprint density at radius 2 is 2.00 bits per heavy atom. The van der Waals surface area contributed by atoms with Crippen LogP contribution in [0, 0.1) is 5.92 Å². The van der Waals surface area contributed by atoms with E-state index in [1.165, 1.54) is 28.4 Å². The maximum Gasteiger partial charge on any atom is 0.0210 e. The topological polar surface area (TPSA) is 0 Å². The number of aryl methyl sites for hydroxylation is 1. The molecule has 0 atom stereocenters. The molecule has 0 N–H and O–H groups in total. The predicted octanol–water partition coefficient (Wildman–Crippen LogP) is 4.60. The Morgan fingerprint density at radius 3 is 2.50 bits per heavy atom. The monoisotopic (exact) mass is 254 g/mol. The summed E-state index contributed by atoms with van der Waals surface area (Å²) in [5, 5.41) is 0. The van der Waals surface area contributed by atoms with E-state index in [9.17, 15) is 0 Å². The lowest BCUT2D eigenvalue weighted by Gasteiger charge is -2.09. The first-order valence-electron chi connectivity index (χ1n) is 5.40. The Morgan fingerprint density at radius 1 is 1.29 bits per heavy atom. The Balaban J connectivity index is 2.79. The smallest absolute Gasteiger partial charge is 0.0210 e. The molecule has 1 aromatic carbocycles. The van der Waals surface area contributed by atoms with Gasteiger partial charge in [-0.15, -0.1) is 0 Å². The summed E-state index contributed by atoms with van der Waals surface area (Å²) in [6.07, 6.45) is 3.56. The molecule has 0 fully saturated rings. The highest BCUT2D eigenvalue weighted by molar-refractivity contribution is 9.10. The lowest BCUT2D eigenvalue weighted by Crippen LogP contribution is -1.96. The quantitative estimate of drug-likeness (QED) is 0.737. The van der Waals surface area contributed by atoms with Crippen LogP contribution in [0.3, 0.4) is 0 Å². The SMILES string of the molecule is CCCc1ccc(CC(C)C)c(Br)c1. The van der Waals surface area contributed by atoms with Crippen molar-refractivity contribution in [3.05, 3.63) is 33.8 Å². The van der Waals surface area contributed by atoms with Crippen LogP contribution in [0.4, 0.5) is 0 Å². The molecule has 0 nitrogen and oxygen atoms in total. The van der Waals surface area contributed by atoms with E-state index in [4.69, 9.17) is 0 Å². The third-order valence-electron chi connectivity index (χ3n) is 2.28. The summed E-state index contributed by atoms with van der Waals surface area (Å²) >= 11 is 3.65. The van der Waals surface area contributed by atoms with Crippen molar-refractivity contribution in [3.8, 4) is 0 Å². The first-order chi connectivity index (χ1) is 6.63. The van der Waals surface area contributed by atoms with Crippen molar-refractivity contribution in [3.63, 3.8) is 0 Å². The Labute approximate surface area is 95.9 Å². The second-order valence-electron chi connectivity index (χ2n) is 4.27. The molecule has 0 spiro atoms. The fraction of sp³-hybridized carbons (Fsp3) is 0.538. The first kappa shape index (κ1) is 11.8. The minimum absolute atomic E-state index is 0.725. The van der Waals surface area contributed by atoms with Gasteiger partial charge in [0.1, 0.15) is 0 Å². The van der Waals surface area contributed by atoms with Crippen LogP contribution in [-0.2, 0) is 12.8 Å². The van der Waals surface area contributed by atoms with E-state index in [0.717, 1.165) is 12.3 Å². The van der Waals surface area contributed by atoms with Gasteiger partial charge in [-0.2, -0.15) is 0 Å². The summed E-state index contributed by atoms with van der Waals surface area (Å²) in [6.45, 7) is 6.73. The summed E-state index contributed by atoms with van der Waals surface area (Å²) in [5.41, 5.74) is 2.87. The van der Waals surface area contributed by atoms with Crippen molar-refractivity contribution in [2.75, 3.05) is 0 Å². The van der Waals surface area contributed by atoms with Crippen LogP contribution in [0.25, 0.3) is 0 Å². The van der Waals surface area contributed by atoms with Gasteiger partial charge in [0.05, 0.1) is 0 Å². The molecule has 0 aliphatic carbocycles. The van der Waals surface area contributed by atoms with Crippen molar-refractivity contribution in [2.24, 2.45) is 5.92 Å². The van der Waals surface area contributed by atoms with Crippen LogP contribution in [-0.4, -0.2) is 0 Å². The van der Waals surface area contributed by atoms with Crippen LogP contribution in [0.15, 0.2) is 22.7 Å². The molecule has 1 heteroatoms. The Bertz CT molecular complexity index is 289. The summed E-state index contributed by atoms with van der Waals surface area (Å²) < 4.78 is 1.28. The second kappa shape index (κ2) is 5.55. The maximum absolute atomic E-state index is 3.65. The highest BCUT2D eigenvalue weighted by atomic mass is 79.9. The van der Waals surface area contributed by atoms with Crippen molar-refractivity contribution in [1.29, 1.82) is 0 Å². The third-order valence-corrected chi connectivity index (χ3v) is 3.02. The number of hydrogen-bond acceptors (Lipinski definition) is 0. The van der Waals surface area contributed by atoms with Crippen LogP contribution in [0.5, 0.6) is 0 Å². The predicted molar refractivity (Wildman–Crippen MR) is 66.7 cm³/mol. The molecule has 0 bridgehead atoms. The lowest BCUT2D eigenvalue weighted by molar-refractivity contribution is 0.645. The minimum atomic E-state index is 0.725. The molecule has 0 saturated heterocycles. The van der Waals surface area contributed by atoms with Gasteiger partial charge in [-0.1, -0.05) is 55.3 Å². The molecular formula is C13H19Br. The van der Waals surface area contributed by atoms with Gasteiger partial charge in [-0.3, -0.25) is 0 Å². The maximum atomic E-state index is 3.65. The lowest BCUT2D eigenvalue weighted by atomic mass is 10.0. The van der Waals surface area contributed by atoms with Crippen LogP contribution >= 0.6 is 15.9 Å². The summed E-state index contributed by atoms with van der Waals surface area (Å²) in [6, 6.07) is 6.78. The summed E-state index contributed by atoms with van der Waals surface area (Å²) in [7, 11) is 0. The van der Waals surface area contributed by atoms with Gasteiger partial charge in [0.15, 0.2) is 0 Å². The zero-order valence-corrected chi connectivity index (χ0v) is 10.9. The number of hydrogen-bond donors (Lipinski definition) is 0. The molecule has 0 amide bonds. The number of halogens is 1. The molecule has 14 heavy (non-hydrogen) atoms. The number of rotatable bonds is 4. The van der Waals surface area contributed by atoms with Crippen molar-refractivity contribution in [2.45, 2.75) is 40.0 Å². The molecule has 78 valence electrons. The molecule has 0 saturated carbocycles. The molecule has 1 aromatic rings. The van der Waals surface area contributed by atoms with Gasteiger partial charge in [0, 0.05) is 4.47 Å². The van der Waals surface area contributed by atoms with Gasteiger partial charge < -0.3 is 0 Å². The van der Waals surface area contributed by atoms with Gasteiger partial charge >= 0.3 is 0 Å².